The molecular weight excluding hydrogens is 396 g/mol. The number of piperidine rings is 1. The first-order chi connectivity index (χ1) is 15.2. The first kappa shape index (κ1) is 20.7. The van der Waals surface area contributed by atoms with Crippen LogP contribution in [-0.2, 0) is 4.79 Å². The SMILES string of the molecule is CCOc1ccccc1NC(=O)C1CCN(c2nnc(-c3ccc(OC)cc3)o2)CC1. The van der Waals surface area contributed by atoms with Gasteiger partial charge in [0.25, 0.3) is 0 Å². The van der Waals surface area contributed by atoms with Crippen LogP contribution in [0.2, 0.25) is 0 Å². The van der Waals surface area contributed by atoms with Gasteiger partial charge < -0.3 is 24.1 Å². The Labute approximate surface area is 181 Å². The van der Waals surface area contributed by atoms with Gasteiger partial charge in [-0.3, -0.25) is 4.79 Å². The first-order valence-electron chi connectivity index (χ1n) is 10.4. The van der Waals surface area contributed by atoms with Gasteiger partial charge in [0.15, 0.2) is 0 Å². The molecule has 8 heteroatoms. The number of nitrogens with one attached hydrogen (secondary N) is 1. The van der Waals surface area contributed by atoms with Crippen molar-refractivity contribution < 1.29 is 18.7 Å². The van der Waals surface area contributed by atoms with Crippen molar-refractivity contribution in [2.75, 3.05) is 37.0 Å². The molecule has 0 radical (unpaired) electrons. The van der Waals surface area contributed by atoms with Crippen molar-refractivity contribution in [1.82, 2.24) is 10.2 Å². The maximum Gasteiger partial charge on any atom is 0.318 e. The second-order valence-electron chi connectivity index (χ2n) is 7.30. The number of rotatable bonds is 7. The van der Waals surface area contributed by atoms with Crippen molar-refractivity contribution in [3.63, 3.8) is 0 Å². The van der Waals surface area contributed by atoms with Crippen molar-refractivity contribution in [3.8, 4) is 23.0 Å². The topological polar surface area (TPSA) is 89.7 Å². The van der Waals surface area contributed by atoms with Crippen molar-refractivity contribution in [2.45, 2.75) is 19.8 Å². The zero-order chi connectivity index (χ0) is 21.6. The van der Waals surface area contributed by atoms with Crippen LogP contribution in [-0.4, -0.2) is 42.9 Å². The number of para-hydroxylation sites is 2. The summed E-state index contributed by atoms with van der Waals surface area (Å²) in [6.07, 6.45) is 1.42. The normalized spacial score (nSPS) is 14.3. The highest BCUT2D eigenvalue weighted by molar-refractivity contribution is 5.94. The molecule has 0 bridgehead atoms. The van der Waals surface area contributed by atoms with E-state index in [2.05, 4.69) is 15.5 Å². The Bertz CT molecular complexity index is 1010. The molecule has 0 atom stereocenters. The molecule has 0 unspecified atom stereocenters. The van der Waals surface area contributed by atoms with E-state index in [9.17, 15) is 4.79 Å². The molecule has 4 rings (SSSR count). The number of ether oxygens (including phenoxy) is 2. The second kappa shape index (κ2) is 9.51. The monoisotopic (exact) mass is 422 g/mol. The van der Waals surface area contributed by atoms with Gasteiger partial charge in [0.2, 0.25) is 11.8 Å². The van der Waals surface area contributed by atoms with Gasteiger partial charge in [-0.05, 0) is 56.2 Å². The lowest BCUT2D eigenvalue weighted by atomic mass is 9.96. The maximum atomic E-state index is 12.8. The van der Waals surface area contributed by atoms with E-state index in [1.54, 1.807) is 7.11 Å². The average Bonchev–Trinajstić information content (AvgIpc) is 3.31. The van der Waals surface area contributed by atoms with Crippen LogP contribution < -0.4 is 19.7 Å². The molecule has 31 heavy (non-hydrogen) atoms. The Morgan fingerprint density at radius 2 is 1.87 bits per heavy atom. The molecule has 0 spiro atoms. The minimum absolute atomic E-state index is 0.0104. The van der Waals surface area contributed by atoms with Crippen molar-refractivity contribution in [2.24, 2.45) is 5.92 Å². The van der Waals surface area contributed by atoms with Crippen LogP contribution in [0.3, 0.4) is 0 Å². The fraction of sp³-hybridized carbons (Fsp3) is 0.348. The third kappa shape index (κ3) is 4.79. The Hall–Kier alpha value is -3.55. The van der Waals surface area contributed by atoms with E-state index in [1.165, 1.54) is 0 Å². The summed E-state index contributed by atoms with van der Waals surface area (Å²) in [5, 5.41) is 11.4. The van der Waals surface area contributed by atoms with Gasteiger partial charge in [0, 0.05) is 24.6 Å². The third-order valence-corrected chi connectivity index (χ3v) is 5.33. The Kier molecular flexibility index (Phi) is 6.35. The molecule has 1 aliphatic rings. The molecule has 2 aromatic carbocycles. The lowest BCUT2D eigenvalue weighted by Gasteiger charge is -2.29. The number of carbonyl (C=O) groups is 1. The van der Waals surface area contributed by atoms with E-state index >= 15 is 0 Å². The molecule has 1 aliphatic heterocycles. The summed E-state index contributed by atoms with van der Waals surface area (Å²) in [4.78, 5) is 14.8. The summed E-state index contributed by atoms with van der Waals surface area (Å²) < 4.78 is 16.6. The molecule has 1 amide bonds. The van der Waals surface area contributed by atoms with E-state index < -0.39 is 0 Å². The number of aromatic nitrogens is 2. The van der Waals surface area contributed by atoms with Gasteiger partial charge in [-0.2, -0.15) is 0 Å². The molecule has 8 nitrogen and oxygen atoms in total. The van der Waals surface area contributed by atoms with Crippen LogP contribution in [0, 0.1) is 5.92 Å². The fourth-order valence-electron chi connectivity index (χ4n) is 3.61. The minimum atomic E-state index is -0.0742. The highest BCUT2D eigenvalue weighted by Gasteiger charge is 2.28. The van der Waals surface area contributed by atoms with E-state index in [1.807, 2.05) is 60.4 Å². The minimum Gasteiger partial charge on any atom is -0.497 e. The summed E-state index contributed by atoms with van der Waals surface area (Å²) in [6.45, 7) is 3.82. The summed E-state index contributed by atoms with van der Waals surface area (Å²) >= 11 is 0. The predicted octanol–water partition coefficient (Wildman–Crippen LogP) is 4.00. The predicted molar refractivity (Wildman–Crippen MR) is 117 cm³/mol. The molecule has 1 N–H and O–H groups in total. The van der Waals surface area contributed by atoms with Gasteiger partial charge >= 0.3 is 6.01 Å². The maximum absolute atomic E-state index is 12.8. The van der Waals surface area contributed by atoms with Gasteiger partial charge in [-0.15, -0.1) is 5.10 Å². The summed E-state index contributed by atoms with van der Waals surface area (Å²) in [5.74, 6) is 1.86. The van der Waals surface area contributed by atoms with Crippen molar-refractivity contribution >= 4 is 17.6 Å². The van der Waals surface area contributed by atoms with E-state index in [-0.39, 0.29) is 11.8 Å². The second-order valence-corrected chi connectivity index (χ2v) is 7.30. The van der Waals surface area contributed by atoms with Gasteiger partial charge in [-0.25, -0.2) is 0 Å². The Morgan fingerprint density at radius 3 is 2.58 bits per heavy atom. The number of benzene rings is 2. The summed E-state index contributed by atoms with van der Waals surface area (Å²) in [7, 11) is 1.63. The number of anilines is 2. The summed E-state index contributed by atoms with van der Waals surface area (Å²) in [5.41, 5.74) is 1.54. The molecule has 0 saturated carbocycles. The van der Waals surface area contributed by atoms with Crippen LogP contribution in [0.15, 0.2) is 52.9 Å². The molecule has 1 saturated heterocycles. The number of nitrogens with zero attached hydrogens (tertiary/aromatic N) is 3. The number of hydrogen-bond donors (Lipinski definition) is 1. The molecule has 1 aromatic heterocycles. The number of carbonyl (C=O) groups excluding carboxylic acids is 1. The van der Waals surface area contributed by atoms with Gasteiger partial charge in [0.1, 0.15) is 11.5 Å². The molecular formula is C23H26N4O4. The zero-order valence-electron chi connectivity index (χ0n) is 17.7. The lowest BCUT2D eigenvalue weighted by Crippen LogP contribution is -2.38. The van der Waals surface area contributed by atoms with Crippen LogP contribution in [0.5, 0.6) is 11.5 Å². The number of methoxy groups -OCH3 is 1. The third-order valence-electron chi connectivity index (χ3n) is 5.33. The molecule has 162 valence electrons. The van der Waals surface area contributed by atoms with Gasteiger partial charge in [-0.1, -0.05) is 17.2 Å². The Balaban J connectivity index is 1.34. The standard InChI is InChI=1S/C23H26N4O4/c1-3-30-20-7-5-4-6-19(20)24-21(28)16-12-14-27(15-13-16)23-26-25-22(31-23)17-8-10-18(29-2)11-9-17/h4-11,16H,3,12-15H2,1-2H3,(H,24,28). The highest BCUT2D eigenvalue weighted by Crippen LogP contribution is 2.29. The fourth-order valence-corrected chi connectivity index (χ4v) is 3.61. The average molecular weight is 422 g/mol. The first-order valence-corrected chi connectivity index (χ1v) is 10.4. The molecule has 0 aliphatic carbocycles. The highest BCUT2D eigenvalue weighted by atomic mass is 16.5. The smallest absolute Gasteiger partial charge is 0.318 e. The van der Waals surface area contributed by atoms with Crippen LogP contribution in [0.25, 0.3) is 11.5 Å². The Morgan fingerprint density at radius 1 is 1.13 bits per heavy atom. The molecule has 3 aromatic rings. The largest absolute Gasteiger partial charge is 0.497 e. The van der Waals surface area contributed by atoms with E-state index in [0.717, 1.165) is 11.3 Å². The molecule has 1 fully saturated rings. The molecule has 2 heterocycles. The number of amides is 1. The van der Waals surface area contributed by atoms with Crippen LogP contribution in [0.4, 0.5) is 11.7 Å². The van der Waals surface area contributed by atoms with E-state index in [0.29, 0.717) is 55.9 Å². The number of hydrogen-bond acceptors (Lipinski definition) is 7. The van der Waals surface area contributed by atoms with Crippen LogP contribution in [0.1, 0.15) is 19.8 Å². The lowest BCUT2D eigenvalue weighted by molar-refractivity contribution is -0.120. The van der Waals surface area contributed by atoms with Crippen molar-refractivity contribution in [1.29, 1.82) is 0 Å². The zero-order valence-corrected chi connectivity index (χ0v) is 17.7. The quantitative estimate of drug-likeness (QED) is 0.615. The van der Waals surface area contributed by atoms with Gasteiger partial charge in [0.05, 0.1) is 19.4 Å². The van der Waals surface area contributed by atoms with Crippen molar-refractivity contribution in [3.05, 3.63) is 48.5 Å². The van der Waals surface area contributed by atoms with Crippen LogP contribution >= 0.6 is 0 Å². The summed E-state index contributed by atoms with van der Waals surface area (Å²) in [6, 6.07) is 15.4. The van der Waals surface area contributed by atoms with E-state index in [4.69, 9.17) is 13.9 Å².